The van der Waals surface area contributed by atoms with Crippen LogP contribution < -0.4 is 5.32 Å². The van der Waals surface area contributed by atoms with Gasteiger partial charge in [-0.05, 0) is 25.0 Å². The van der Waals surface area contributed by atoms with Crippen molar-refractivity contribution in [3.8, 4) is 11.5 Å². The Hall–Kier alpha value is -1.42. The molecular weight excluding hydrogens is 254 g/mol. The van der Waals surface area contributed by atoms with E-state index in [1.54, 1.807) is 0 Å². The van der Waals surface area contributed by atoms with Gasteiger partial charge < -0.3 is 15.5 Å². The van der Waals surface area contributed by atoms with Gasteiger partial charge in [0.15, 0.2) is 0 Å². The monoisotopic (exact) mass is 269 g/mol. The molecule has 5 heteroatoms. The molecule has 0 aliphatic heterocycles. The van der Waals surface area contributed by atoms with E-state index in [1.165, 1.54) is 18.2 Å². The molecule has 3 N–H and O–H groups in total. The van der Waals surface area contributed by atoms with Crippen molar-refractivity contribution < 1.29 is 15.0 Å². The normalized spacial score (nSPS) is 23.6. The lowest BCUT2D eigenvalue weighted by Gasteiger charge is -2.27. The van der Waals surface area contributed by atoms with Gasteiger partial charge in [-0.25, -0.2) is 0 Å². The fourth-order valence-corrected chi connectivity index (χ4v) is 2.57. The molecule has 1 saturated carbocycles. The number of hydrogen-bond acceptors (Lipinski definition) is 3. The molecule has 18 heavy (non-hydrogen) atoms. The van der Waals surface area contributed by atoms with Crippen molar-refractivity contribution in [2.24, 2.45) is 0 Å². The largest absolute Gasteiger partial charge is 0.508 e. The minimum absolute atomic E-state index is 0.0441. The maximum atomic E-state index is 12.0. The summed E-state index contributed by atoms with van der Waals surface area (Å²) in [4.78, 5) is 12.0. The van der Waals surface area contributed by atoms with E-state index in [4.69, 9.17) is 11.6 Å². The molecule has 1 aliphatic rings. The van der Waals surface area contributed by atoms with E-state index in [9.17, 15) is 15.0 Å². The molecule has 0 spiro atoms. The highest BCUT2D eigenvalue weighted by Crippen LogP contribution is 2.24. The standard InChI is InChI=1S/C13H16ClNO3/c14-11-3-1-2-4-12(11)15-13(18)8-5-9(16)7-10(17)6-8/h5-7,11-12,16-17H,1-4H2,(H,15,18). The first-order valence-corrected chi connectivity index (χ1v) is 6.48. The highest BCUT2D eigenvalue weighted by atomic mass is 35.5. The highest BCUT2D eigenvalue weighted by Gasteiger charge is 2.25. The summed E-state index contributed by atoms with van der Waals surface area (Å²) in [5, 5.41) is 21.5. The quantitative estimate of drug-likeness (QED) is 0.722. The van der Waals surface area contributed by atoms with E-state index in [2.05, 4.69) is 5.32 Å². The van der Waals surface area contributed by atoms with Crippen LogP contribution >= 0.6 is 11.6 Å². The van der Waals surface area contributed by atoms with Crippen LogP contribution in [0.3, 0.4) is 0 Å². The van der Waals surface area contributed by atoms with Gasteiger partial charge in [-0.15, -0.1) is 11.6 Å². The summed E-state index contributed by atoms with van der Waals surface area (Å²) in [5.74, 6) is -0.587. The molecule has 1 fully saturated rings. The fraction of sp³-hybridized carbons (Fsp3) is 0.462. The number of carbonyl (C=O) groups excluding carboxylic acids is 1. The van der Waals surface area contributed by atoms with Gasteiger partial charge in [0.1, 0.15) is 11.5 Å². The summed E-state index contributed by atoms with van der Waals surface area (Å²) in [6.45, 7) is 0. The van der Waals surface area contributed by atoms with E-state index in [0.29, 0.717) is 0 Å². The van der Waals surface area contributed by atoms with E-state index < -0.39 is 0 Å². The molecule has 2 atom stereocenters. The fourth-order valence-electron chi connectivity index (χ4n) is 2.23. The van der Waals surface area contributed by atoms with Crippen molar-refractivity contribution in [3.05, 3.63) is 23.8 Å². The summed E-state index contributed by atoms with van der Waals surface area (Å²) >= 11 is 6.16. The summed E-state index contributed by atoms with van der Waals surface area (Å²) in [7, 11) is 0. The number of amides is 1. The summed E-state index contributed by atoms with van der Waals surface area (Å²) in [6, 6.07) is 3.78. The van der Waals surface area contributed by atoms with Gasteiger partial charge >= 0.3 is 0 Å². The van der Waals surface area contributed by atoms with Crippen molar-refractivity contribution in [1.29, 1.82) is 0 Å². The molecule has 0 bridgehead atoms. The SMILES string of the molecule is O=C(NC1CCCCC1Cl)c1cc(O)cc(O)c1. The van der Waals surface area contributed by atoms with Crippen LogP contribution in [0.15, 0.2) is 18.2 Å². The lowest BCUT2D eigenvalue weighted by Crippen LogP contribution is -2.42. The zero-order valence-electron chi connectivity index (χ0n) is 9.90. The molecule has 4 nitrogen and oxygen atoms in total. The summed E-state index contributed by atoms with van der Waals surface area (Å²) in [6.07, 6.45) is 3.91. The second kappa shape index (κ2) is 5.48. The molecule has 0 radical (unpaired) electrons. The average molecular weight is 270 g/mol. The van der Waals surface area contributed by atoms with Crippen LogP contribution in [0, 0.1) is 0 Å². The van der Waals surface area contributed by atoms with Crippen molar-refractivity contribution in [2.75, 3.05) is 0 Å². The Labute approximate surface area is 111 Å². The maximum absolute atomic E-state index is 12.0. The smallest absolute Gasteiger partial charge is 0.251 e. The Morgan fingerprint density at radius 3 is 2.39 bits per heavy atom. The number of carbonyl (C=O) groups is 1. The molecule has 0 saturated heterocycles. The Kier molecular flexibility index (Phi) is 3.97. The van der Waals surface area contributed by atoms with E-state index in [1.807, 2.05) is 0 Å². The van der Waals surface area contributed by atoms with E-state index >= 15 is 0 Å². The molecule has 1 aliphatic carbocycles. The Bertz CT molecular complexity index is 430. The van der Waals surface area contributed by atoms with Crippen LogP contribution in [0.25, 0.3) is 0 Å². The number of nitrogens with one attached hydrogen (secondary N) is 1. The number of phenolic OH excluding ortho intramolecular Hbond substituents is 2. The van der Waals surface area contributed by atoms with Gasteiger partial charge in [0.2, 0.25) is 0 Å². The van der Waals surface area contributed by atoms with Crippen LogP contribution in [0.2, 0.25) is 0 Å². The highest BCUT2D eigenvalue weighted by molar-refractivity contribution is 6.21. The van der Waals surface area contributed by atoms with E-state index in [-0.39, 0.29) is 34.4 Å². The van der Waals surface area contributed by atoms with Crippen molar-refractivity contribution in [3.63, 3.8) is 0 Å². The van der Waals surface area contributed by atoms with Gasteiger partial charge in [0.25, 0.3) is 5.91 Å². The van der Waals surface area contributed by atoms with E-state index in [0.717, 1.165) is 25.7 Å². The van der Waals surface area contributed by atoms with Crippen molar-refractivity contribution >= 4 is 17.5 Å². The lowest BCUT2D eigenvalue weighted by atomic mass is 9.94. The van der Waals surface area contributed by atoms with Crippen LogP contribution in [-0.4, -0.2) is 27.5 Å². The molecule has 2 unspecified atom stereocenters. The predicted molar refractivity (Wildman–Crippen MR) is 69.1 cm³/mol. The minimum Gasteiger partial charge on any atom is -0.508 e. The lowest BCUT2D eigenvalue weighted by molar-refractivity contribution is 0.0928. The molecule has 0 aromatic heterocycles. The molecular formula is C13H16ClNO3. The number of aromatic hydroxyl groups is 2. The second-order valence-corrected chi connectivity index (χ2v) is 5.18. The van der Waals surface area contributed by atoms with Gasteiger partial charge in [0.05, 0.1) is 5.38 Å². The zero-order chi connectivity index (χ0) is 13.1. The number of benzene rings is 1. The first-order valence-electron chi connectivity index (χ1n) is 6.04. The number of halogens is 1. The first-order chi connectivity index (χ1) is 8.56. The Morgan fingerprint density at radius 1 is 1.17 bits per heavy atom. The Morgan fingerprint density at radius 2 is 1.78 bits per heavy atom. The van der Waals surface area contributed by atoms with Gasteiger partial charge in [-0.1, -0.05) is 12.8 Å². The maximum Gasteiger partial charge on any atom is 0.251 e. The van der Waals surface area contributed by atoms with Gasteiger partial charge in [-0.3, -0.25) is 4.79 Å². The first kappa shape index (κ1) is 13.0. The van der Waals surface area contributed by atoms with Gasteiger partial charge in [0, 0.05) is 17.7 Å². The average Bonchev–Trinajstić information content (AvgIpc) is 2.31. The number of rotatable bonds is 2. The molecule has 0 heterocycles. The van der Waals surface area contributed by atoms with Crippen molar-refractivity contribution in [2.45, 2.75) is 37.1 Å². The summed E-state index contributed by atoms with van der Waals surface area (Å²) in [5.41, 5.74) is 0.238. The minimum atomic E-state index is -0.321. The second-order valence-electron chi connectivity index (χ2n) is 4.62. The number of hydrogen-bond donors (Lipinski definition) is 3. The topological polar surface area (TPSA) is 69.6 Å². The molecule has 1 amide bonds. The molecule has 98 valence electrons. The third kappa shape index (κ3) is 3.07. The zero-order valence-corrected chi connectivity index (χ0v) is 10.7. The van der Waals surface area contributed by atoms with Crippen molar-refractivity contribution in [1.82, 2.24) is 5.32 Å². The van der Waals surface area contributed by atoms with Crippen LogP contribution in [0.1, 0.15) is 36.0 Å². The van der Waals surface area contributed by atoms with Crippen LogP contribution in [0.4, 0.5) is 0 Å². The third-order valence-electron chi connectivity index (χ3n) is 3.16. The third-order valence-corrected chi connectivity index (χ3v) is 3.69. The molecule has 2 rings (SSSR count). The Balaban J connectivity index is 2.06. The number of phenols is 2. The van der Waals surface area contributed by atoms with Crippen LogP contribution in [0.5, 0.6) is 11.5 Å². The van der Waals surface area contributed by atoms with Crippen LogP contribution in [-0.2, 0) is 0 Å². The summed E-state index contributed by atoms with van der Waals surface area (Å²) < 4.78 is 0. The predicted octanol–water partition coefficient (Wildman–Crippen LogP) is 2.38. The number of alkyl halides is 1. The molecule has 1 aromatic carbocycles. The molecule has 1 aromatic rings. The van der Waals surface area contributed by atoms with Gasteiger partial charge in [-0.2, -0.15) is 0 Å².